The Morgan fingerprint density at radius 3 is 2.52 bits per heavy atom. The normalized spacial score (nSPS) is 15.4. The van der Waals surface area contributed by atoms with Crippen LogP contribution in [-0.4, -0.2) is 30.7 Å². The van der Waals surface area contributed by atoms with Gasteiger partial charge in [-0.2, -0.15) is 0 Å². The van der Waals surface area contributed by atoms with Gasteiger partial charge in [-0.15, -0.1) is 0 Å². The molecule has 2 N–H and O–H groups in total. The van der Waals surface area contributed by atoms with E-state index in [1.807, 2.05) is 48.5 Å². The molecular weight excluding hydrogens is 438 g/mol. The minimum atomic E-state index is -0.273. The molecule has 0 radical (unpaired) electrons. The maximum Gasteiger partial charge on any atom is 0.264 e. The Bertz CT molecular complexity index is 1210. The lowest BCUT2D eigenvalue weighted by Crippen LogP contribution is -2.20. The van der Waals surface area contributed by atoms with E-state index >= 15 is 0 Å². The van der Waals surface area contributed by atoms with Gasteiger partial charge in [-0.1, -0.05) is 36.4 Å². The summed E-state index contributed by atoms with van der Waals surface area (Å²) in [4.78, 5) is 29.6. The van der Waals surface area contributed by atoms with Crippen LogP contribution >= 0.6 is 11.8 Å². The molecule has 0 saturated carbocycles. The van der Waals surface area contributed by atoms with Crippen LogP contribution in [0.2, 0.25) is 0 Å². The van der Waals surface area contributed by atoms with Crippen molar-refractivity contribution in [1.29, 1.82) is 0 Å². The summed E-state index contributed by atoms with van der Waals surface area (Å²) >= 11 is 1.24. The fraction of sp³-hybridized carbons (Fsp3) is 0.0800. The number of amidine groups is 1. The third-order valence-electron chi connectivity index (χ3n) is 4.58. The van der Waals surface area contributed by atoms with Gasteiger partial charge in [0, 0.05) is 11.3 Å². The zero-order chi connectivity index (χ0) is 23.0. The Hall–Kier alpha value is -4.04. The van der Waals surface area contributed by atoms with E-state index in [1.165, 1.54) is 11.8 Å². The van der Waals surface area contributed by atoms with Crippen LogP contribution in [0.4, 0.5) is 11.4 Å². The maximum atomic E-state index is 12.5. The second-order valence-corrected chi connectivity index (χ2v) is 7.95. The number of nitrogens with zero attached hydrogens (tertiary/aromatic N) is 1. The summed E-state index contributed by atoms with van der Waals surface area (Å²) in [5.74, 6) is 0.716. The highest BCUT2D eigenvalue weighted by Crippen LogP contribution is 2.31. The Kier molecular flexibility index (Phi) is 7.06. The highest BCUT2D eigenvalue weighted by Gasteiger charge is 2.24. The van der Waals surface area contributed by atoms with Gasteiger partial charge in [0.05, 0.1) is 17.7 Å². The first-order valence-corrected chi connectivity index (χ1v) is 10.9. The van der Waals surface area contributed by atoms with Crippen LogP contribution in [0.5, 0.6) is 11.5 Å². The second kappa shape index (κ2) is 10.5. The topological polar surface area (TPSA) is 89.0 Å². The van der Waals surface area contributed by atoms with Crippen LogP contribution in [0.15, 0.2) is 88.8 Å². The van der Waals surface area contributed by atoms with Crippen molar-refractivity contribution in [3.05, 3.63) is 89.3 Å². The lowest BCUT2D eigenvalue weighted by molar-refractivity contribution is -0.118. The van der Waals surface area contributed by atoms with Gasteiger partial charge in [0.15, 0.2) is 11.8 Å². The lowest BCUT2D eigenvalue weighted by Gasteiger charge is -2.10. The molecule has 33 heavy (non-hydrogen) atoms. The second-order valence-electron chi connectivity index (χ2n) is 6.92. The van der Waals surface area contributed by atoms with Crippen molar-refractivity contribution in [1.82, 2.24) is 5.32 Å². The molecule has 166 valence electrons. The van der Waals surface area contributed by atoms with E-state index in [0.29, 0.717) is 32.8 Å². The van der Waals surface area contributed by atoms with E-state index in [0.717, 1.165) is 5.75 Å². The molecule has 4 rings (SSSR count). The highest BCUT2D eigenvalue weighted by atomic mass is 32.2. The summed E-state index contributed by atoms with van der Waals surface area (Å²) in [6.07, 6.45) is 1.72. The van der Waals surface area contributed by atoms with Crippen molar-refractivity contribution >= 4 is 46.2 Å². The number of thioether (sulfide) groups is 1. The molecular formula is C25H21N3O4S. The van der Waals surface area contributed by atoms with Gasteiger partial charge in [-0.05, 0) is 60.3 Å². The molecule has 8 heteroatoms. The predicted molar refractivity (Wildman–Crippen MR) is 131 cm³/mol. The minimum absolute atomic E-state index is 0.154. The smallest absolute Gasteiger partial charge is 0.264 e. The number of benzene rings is 3. The number of hydrogen-bond donors (Lipinski definition) is 2. The Morgan fingerprint density at radius 2 is 1.76 bits per heavy atom. The molecule has 3 aromatic carbocycles. The molecule has 0 aliphatic carbocycles. The van der Waals surface area contributed by atoms with Gasteiger partial charge in [0.2, 0.25) is 0 Å². The summed E-state index contributed by atoms with van der Waals surface area (Å²) < 4.78 is 10.9. The van der Waals surface area contributed by atoms with E-state index in [9.17, 15) is 9.59 Å². The van der Waals surface area contributed by atoms with Crippen molar-refractivity contribution in [3.8, 4) is 11.5 Å². The highest BCUT2D eigenvalue weighted by molar-refractivity contribution is 8.18. The molecule has 1 aliphatic rings. The number of nitrogens with one attached hydrogen (secondary N) is 2. The zero-order valence-corrected chi connectivity index (χ0v) is 18.6. The number of carbonyl (C=O) groups is 2. The van der Waals surface area contributed by atoms with Crippen LogP contribution < -0.4 is 20.1 Å². The molecule has 0 atom stereocenters. The number of para-hydroxylation sites is 2. The Labute approximate surface area is 195 Å². The van der Waals surface area contributed by atoms with Crippen LogP contribution in [0.1, 0.15) is 5.56 Å². The first-order valence-electron chi connectivity index (χ1n) is 10.1. The Balaban J connectivity index is 1.43. The number of anilines is 1. The third kappa shape index (κ3) is 6.02. The number of hydrogen-bond acceptors (Lipinski definition) is 6. The first-order chi connectivity index (χ1) is 16.1. The molecule has 0 aromatic heterocycles. The average Bonchev–Trinajstić information content (AvgIpc) is 3.18. The lowest BCUT2D eigenvalue weighted by atomic mass is 10.2. The van der Waals surface area contributed by atoms with Crippen molar-refractivity contribution in [3.63, 3.8) is 0 Å². The van der Waals surface area contributed by atoms with Gasteiger partial charge in [0.1, 0.15) is 11.5 Å². The van der Waals surface area contributed by atoms with Gasteiger partial charge in [-0.3, -0.25) is 9.59 Å². The number of aliphatic imine (C=N–C) groups is 1. The third-order valence-corrected chi connectivity index (χ3v) is 5.49. The summed E-state index contributed by atoms with van der Waals surface area (Å²) in [5.41, 5.74) is 2.09. The van der Waals surface area contributed by atoms with Crippen LogP contribution in [0.3, 0.4) is 0 Å². The molecule has 0 bridgehead atoms. The molecule has 1 aliphatic heterocycles. The molecule has 1 heterocycles. The number of rotatable bonds is 7. The summed E-state index contributed by atoms with van der Waals surface area (Å²) in [6, 6.07) is 23.6. The summed E-state index contributed by atoms with van der Waals surface area (Å²) in [5, 5.41) is 6.03. The zero-order valence-electron chi connectivity index (χ0n) is 17.8. The van der Waals surface area contributed by atoms with Gasteiger partial charge in [-0.25, -0.2) is 4.99 Å². The molecule has 7 nitrogen and oxygen atoms in total. The fourth-order valence-electron chi connectivity index (χ4n) is 2.99. The van der Waals surface area contributed by atoms with Crippen LogP contribution in [-0.2, 0) is 9.59 Å². The van der Waals surface area contributed by atoms with Gasteiger partial charge >= 0.3 is 0 Å². The van der Waals surface area contributed by atoms with Gasteiger partial charge in [0.25, 0.3) is 11.8 Å². The maximum absolute atomic E-state index is 12.5. The monoisotopic (exact) mass is 459 g/mol. The molecule has 1 saturated heterocycles. The van der Waals surface area contributed by atoms with Gasteiger partial charge < -0.3 is 20.1 Å². The molecule has 1 fully saturated rings. The molecule has 2 amide bonds. The number of methoxy groups -OCH3 is 1. The largest absolute Gasteiger partial charge is 0.497 e. The van der Waals surface area contributed by atoms with E-state index in [-0.39, 0.29) is 18.4 Å². The van der Waals surface area contributed by atoms with E-state index < -0.39 is 0 Å². The fourth-order valence-corrected chi connectivity index (χ4v) is 3.82. The van der Waals surface area contributed by atoms with Crippen molar-refractivity contribution in [2.75, 3.05) is 19.0 Å². The van der Waals surface area contributed by atoms with Crippen molar-refractivity contribution < 1.29 is 19.1 Å². The standard InChI is InChI=1S/C25H21N3O4S/c1-31-20-13-11-19(12-14-20)27-25-28-24(30)22(33-25)15-17-7-5-6-10-21(17)32-16-23(29)26-18-8-3-2-4-9-18/h2-15H,16H2,1H3,(H,26,29)(H,27,28,30)/b22-15+. The minimum Gasteiger partial charge on any atom is -0.497 e. The van der Waals surface area contributed by atoms with E-state index in [2.05, 4.69) is 15.6 Å². The molecule has 0 spiro atoms. The number of ether oxygens (including phenoxy) is 2. The predicted octanol–water partition coefficient (Wildman–Crippen LogP) is 4.60. The number of carbonyl (C=O) groups excluding carboxylic acids is 2. The van der Waals surface area contributed by atoms with E-state index in [4.69, 9.17) is 9.47 Å². The molecule has 3 aromatic rings. The molecule has 0 unspecified atom stereocenters. The van der Waals surface area contributed by atoms with E-state index in [1.54, 1.807) is 43.5 Å². The summed E-state index contributed by atoms with van der Waals surface area (Å²) in [7, 11) is 1.60. The van der Waals surface area contributed by atoms with Crippen molar-refractivity contribution in [2.24, 2.45) is 4.99 Å². The number of amides is 2. The van der Waals surface area contributed by atoms with Crippen molar-refractivity contribution in [2.45, 2.75) is 0 Å². The SMILES string of the molecule is COc1ccc(N=C2NC(=O)/C(=C\c3ccccc3OCC(=O)Nc3ccccc3)S2)cc1. The van der Waals surface area contributed by atoms with Crippen LogP contribution in [0, 0.1) is 0 Å². The summed E-state index contributed by atoms with van der Waals surface area (Å²) in [6.45, 7) is -0.154. The van der Waals surface area contributed by atoms with Crippen LogP contribution in [0.25, 0.3) is 6.08 Å². The average molecular weight is 460 g/mol. The first kappa shape index (κ1) is 22.2. The Morgan fingerprint density at radius 1 is 1.03 bits per heavy atom. The quantitative estimate of drug-likeness (QED) is 0.504.